The minimum Gasteiger partial charge on any atom is -0.342 e. The van der Waals surface area contributed by atoms with Gasteiger partial charge in [0.2, 0.25) is 11.8 Å². The first-order valence-corrected chi connectivity index (χ1v) is 7.47. The van der Waals surface area contributed by atoms with Gasteiger partial charge >= 0.3 is 0 Å². The molecule has 0 aliphatic carbocycles. The van der Waals surface area contributed by atoms with Crippen LogP contribution in [0.4, 0.5) is 5.69 Å². The van der Waals surface area contributed by atoms with Crippen molar-refractivity contribution in [2.75, 3.05) is 24.3 Å². The van der Waals surface area contributed by atoms with Crippen molar-refractivity contribution in [3.63, 3.8) is 0 Å². The molecule has 2 aliphatic rings. The highest BCUT2D eigenvalue weighted by molar-refractivity contribution is 6.27. The van der Waals surface area contributed by atoms with Gasteiger partial charge in [0, 0.05) is 18.8 Å². The largest absolute Gasteiger partial charge is 0.342 e. The molecule has 0 aromatic heterocycles. The number of halogens is 1. The number of nitrogens with zero attached hydrogens (tertiary/aromatic N) is 1. The third kappa shape index (κ3) is 2.29. The number of likely N-dealkylation sites (tertiary alicyclic amines) is 1. The Balaban J connectivity index is 1.73. The molecular formula is C15H17ClN2O2. The minimum atomic E-state index is -0.0700. The quantitative estimate of drug-likeness (QED) is 0.850. The molecule has 1 unspecified atom stereocenters. The fourth-order valence-electron chi connectivity index (χ4n) is 3.27. The lowest BCUT2D eigenvalue weighted by molar-refractivity contribution is -0.130. The van der Waals surface area contributed by atoms with Gasteiger partial charge in [-0.05, 0) is 30.4 Å². The van der Waals surface area contributed by atoms with E-state index in [-0.39, 0.29) is 23.6 Å². The number of carbonyl (C=O) groups excluding carboxylic acids is 2. The van der Waals surface area contributed by atoms with Crippen LogP contribution in [0.25, 0.3) is 0 Å². The second kappa shape index (κ2) is 5.44. The summed E-state index contributed by atoms with van der Waals surface area (Å²) in [5, 5.41) is 2.95. The van der Waals surface area contributed by atoms with E-state index in [0.717, 1.165) is 24.1 Å². The number of anilines is 1. The second-order valence-electron chi connectivity index (χ2n) is 5.41. The SMILES string of the molecule is O=C1Nc2ccccc2C1C1CCN(C(=O)CCl)CC1. The van der Waals surface area contributed by atoms with Crippen LogP contribution >= 0.6 is 11.6 Å². The highest BCUT2D eigenvalue weighted by atomic mass is 35.5. The van der Waals surface area contributed by atoms with Crippen LogP contribution in [0, 0.1) is 5.92 Å². The Morgan fingerprint density at radius 1 is 1.30 bits per heavy atom. The van der Waals surface area contributed by atoms with E-state index in [1.54, 1.807) is 4.90 Å². The number of amides is 2. The van der Waals surface area contributed by atoms with E-state index < -0.39 is 0 Å². The molecule has 20 heavy (non-hydrogen) atoms. The normalized spacial score (nSPS) is 22.6. The molecule has 2 amide bonds. The van der Waals surface area contributed by atoms with Crippen molar-refractivity contribution >= 4 is 29.1 Å². The van der Waals surface area contributed by atoms with E-state index in [0.29, 0.717) is 19.0 Å². The van der Waals surface area contributed by atoms with E-state index in [9.17, 15) is 9.59 Å². The maximum atomic E-state index is 12.2. The summed E-state index contributed by atoms with van der Waals surface area (Å²) in [6.45, 7) is 1.39. The monoisotopic (exact) mass is 292 g/mol. The molecule has 0 saturated carbocycles. The summed E-state index contributed by atoms with van der Waals surface area (Å²) < 4.78 is 0. The Bertz CT molecular complexity index is 538. The summed E-state index contributed by atoms with van der Waals surface area (Å²) >= 11 is 5.58. The number of nitrogens with one attached hydrogen (secondary N) is 1. The zero-order valence-electron chi connectivity index (χ0n) is 11.1. The summed E-state index contributed by atoms with van der Waals surface area (Å²) in [6, 6.07) is 7.87. The summed E-state index contributed by atoms with van der Waals surface area (Å²) in [5.41, 5.74) is 2.03. The van der Waals surface area contributed by atoms with Gasteiger partial charge in [-0.1, -0.05) is 18.2 Å². The Morgan fingerprint density at radius 3 is 2.70 bits per heavy atom. The molecule has 2 heterocycles. The van der Waals surface area contributed by atoms with Gasteiger partial charge < -0.3 is 10.2 Å². The Morgan fingerprint density at radius 2 is 2.00 bits per heavy atom. The summed E-state index contributed by atoms with van der Waals surface area (Å²) in [4.78, 5) is 25.6. The molecule has 1 aromatic carbocycles. The number of benzene rings is 1. The van der Waals surface area contributed by atoms with Crippen LogP contribution in [-0.2, 0) is 9.59 Å². The van der Waals surface area contributed by atoms with E-state index in [1.807, 2.05) is 24.3 Å². The van der Waals surface area contributed by atoms with Crippen molar-refractivity contribution in [3.8, 4) is 0 Å². The van der Waals surface area contributed by atoms with Crippen LogP contribution in [0.3, 0.4) is 0 Å². The molecule has 4 nitrogen and oxygen atoms in total. The van der Waals surface area contributed by atoms with Crippen molar-refractivity contribution in [1.29, 1.82) is 0 Å². The molecule has 2 aliphatic heterocycles. The van der Waals surface area contributed by atoms with Gasteiger partial charge in [-0.25, -0.2) is 0 Å². The lowest BCUT2D eigenvalue weighted by Gasteiger charge is -2.33. The van der Waals surface area contributed by atoms with Gasteiger partial charge in [-0.2, -0.15) is 0 Å². The maximum absolute atomic E-state index is 12.2. The Labute approximate surface area is 123 Å². The molecule has 1 atom stereocenters. The Kier molecular flexibility index (Phi) is 3.66. The van der Waals surface area contributed by atoms with Gasteiger partial charge in [-0.15, -0.1) is 11.6 Å². The number of hydrogen-bond acceptors (Lipinski definition) is 2. The number of carbonyl (C=O) groups is 2. The van der Waals surface area contributed by atoms with Crippen molar-refractivity contribution in [2.45, 2.75) is 18.8 Å². The topological polar surface area (TPSA) is 49.4 Å². The van der Waals surface area contributed by atoms with Crippen LogP contribution in [0.15, 0.2) is 24.3 Å². The molecule has 1 fully saturated rings. The molecule has 1 saturated heterocycles. The van der Waals surface area contributed by atoms with E-state index in [4.69, 9.17) is 11.6 Å². The number of fused-ring (bicyclic) bond motifs is 1. The molecule has 3 rings (SSSR count). The number of alkyl halides is 1. The average Bonchev–Trinajstić information content (AvgIpc) is 2.82. The van der Waals surface area contributed by atoms with Crippen LogP contribution in [-0.4, -0.2) is 35.7 Å². The highest BCUT2D eigenvalue weighted by Crippen LogP contribution is 2.41. The maximum Gasteiger partial charge on any atom is 0.237 e. The molecule has 0 bridgehead atoms. The number of rotatable bonds is 2. The predicted octanol–water partition coefficient (Wildman–Crippen LogP) is 2.20. The van der Waals surface area contributed by atoms with Gasteiger partial charge in [-0.3, -0.25) is 9.59 Å². The lowest BCUT2D eigenvalue weighted by Crippen LogP contribution is -2.41. The molecule has 0 spiro atoms. The molecule has 106 valence electrons. The molecule has 5 heteroatoms. The van der Waals surface area contributed by atoms with Gasteiger partial charge in [0.1, 0.15) is 5.88 Å². The van der Waals surface area contributed by atoms with Crippen LogP contribution < -0.4 is 5.32 Å². The van der Waals surface area contributed by atoms with E-state index in [2.05, 4.69) is 5.32 Å². The van der Waals surface area contributed by atoms with Crippen molar-refractivity contribution in [3.05, 3.63) is 29.8 Å². The molecular weight excluding hydrogens is 276 g/mol. The van der Waals surface area contributed by atoms with Crippen molar-refractivity contribution in [2.24, 2.45) is 5.92 Å². The van der Waals surface area contributed by atoms with Crippen LogP contribution in [0.5, 0.6) is 0 Å². The van der Waals surface area contributed by atoms with Gasteiger partial charge in [0.15, 0.2) is 0 Å². The Hall–Kier alpha value is -1.55. The van der Waals surface area contributed by atoms with Crippen LogP contribution in [0.1, 0.15) is 24.3 Å². The van der Waals surface area contributed by atoms with E-state index in [1.165, 1.54) is 0 Å². The van der Waals surface area contributed by atoms with Crippen molar-refractivity contribution < 1.29 is 9.59 Å². The second-order valence-corrected chi connectivity index (χ2v) is 5.67. The van der Waals surface area contributed by atoms with Gasteiger partial charge in [0.25, 0.3) is 0 Å². The number of para-hydroxylation sites is 1. The fraction of sp³-hybridized carbons (Fsp3) is 0.467. The summed E-state index contributed by atoms with van der Waals surface area (Å²) in [7, 11) is 0. The minimum absolute atomic E-state index is 0.0126. The third-order valence-corrected chi connectivity index (χ3v) is 4.54. The first kappa shape index (κ1) is 13.4. The first-order chi connectivity index (χ1) is 9.70. The fourth-order valence-corrected chi connectivity index (χ4v) is 3.44. The van der Waals surface area contributed by atoms with Gasteiger partial charge in [0.05, 0.1) is 5.92 Å². The first-order valence-electron chi connectivity index (χ1n) is 6.94. The zero-order valence-corrected chi connectivity index (χ0v) is 11.9. The smallest absolute Gasteiger partial charge is 0.237 e. The predicted molar refractivity (Wildman–Crippen MR) is 77.8 cm³/mol. The molecule has 0 radical (unpaired) electrons. The zero-order chi connectivity index (χ0) is 14.1. The van der Waals surface area contributed by atoms with E-state index >= 15 is 0 Å². The van der Waals surface area contributed by atoms with Crippen molar-refractivity contribution in [1.82, 2.24) is 4.90 Å². The summed E-state index contributed by atoms with van der Waals surface area (Å²) in [6.07, 6.45) is 1.71. The lowest BCUT2D eigenvalue weighted by atomic mass is 9.81. The summed E-state index contributed by atoms with van der Waals surface area (Å²) in [5.74, 6) is 0.351. The highest BCUT2D eigenvalue weighted by Gasteiger charge is 2.38. The average molecular weight is 293 g/mol. The number of piperidine rings is 1. The standard InChI is InChI=1S/C15H17ClN2O2/c16-9-13(19)18-7-5-10(6-8-18)14-11-3-1-2-4-12(11)17-15(14)20/h1-4,10,14H,5-9H2,(H,17,20). The molecule has 1 N–H and O–H groups in total. The molecule has 1 aromatic rings. The van der Waals surface area contributed by atoms with Crippen LogP contribution in [0.2, 0.25) is 0 Å². The number of hydrogen-bond donors (Lipinski definition) is 1. The third-order valence-electron chi connectivity index (χ3n) is 4.31.